The second-order valence-electron chi connectivity index (χ2n) is 8.91. The second kappa shape index (κ2) is 12.3. The Morgan fingerprint density at radius 1 is 1.19 bits per heavy atom. The molecule has 2 fully saturated rings. The minimum Gasteiger partial charge on any atom is -0.487 e. The van der Waals surface area contributed by atoms with Gasteiger partial charge in [0.1, 0.15) is 11.4 Å². The quantitative estimate of drug-likeness (QED) is 0.231. The van der Waals surface area contributed by atoms with Crippen molar-refractivity contribution in [2.75, 3.05) is 40.0 Å². The van der Waals surface area contributed by atoms with Gasteiger partial charge in [-0.2, -0.15) is 0 Å². The SMILES string of the molecule is CN=C(NCCCOCC1CCOCC1)NC1CC2(CCCC2)Oc2ccccc21.I. The largest absolute Gasteiger partial charge is 0.487 e. The Balaban J connectivity index is 0.00000272. The van der Waals surface area contributed by atoms with Gasteiger partial charge in [-0.1, -0.05) is 18.2 Å². The molecule has 1 saturated heterocycles. The van der Waals surface area contributed by atoms with Crippen LogP contribution in [-0.2, 0) is 9.47 Å². The van der Waals surface area contributed by atoms with Gasteiger partial charge in [0.15, 0.2) is 5.96 Å². The van der Waals surface area contributed by atoms with Crippen molar-refractivity contribution in [2.45, 2.75) is 63.0 Å². The van der Waals surface area contributed by atoms with E-state index >= 15 is 0 Å². The highest BCUT2D eigenvalue weighted by Gasteiger charge is 2.43. The molecule has 2 N–H and O–H groups in total. The van der Waals surface area contributed by atoms with E-state index < -0.39 is 0 Å². The normalized spacial score (nSPS) is 23.0. The molecule has 1 aliphatic carbocycles. The fourth-order valence-electron chi connectivity index (χ4n) is 4.98. The van der Waals surface area contributed by atoms with Crippen LogP contribution < -0.4 is 15.4 Å². The van der Waals surface area contributed by atoms with E-state index in [1.165, 1.54) is 18.4 Å². The van der Waals surface area contributed by atoms with Crippen molar-refractivity contribution in [2.24, 2.45) is 10.9 Å². The molecule has 6 nitrogen and oxygen atoms in total. The molecule has 1 spiro atoms. The van der Waals surface area contributed by atoms with Crippen molar-refractivity contribution < 1.29 is 14.2 Å². The molecule has 1 aromatic carbocycles. The molecule has 1 saturated carbocycles. The van der Waals surface area contributed by atoms with Gasteiger partial charge in [-0.05, 0) is 56.9 Å². The number of nitrogens with one attached hydrogen (secondary N) is 2. The van der Waals surface area contributed by atoms with Crippen LogP contribution in [0, 0.1) is 5.92 Å². The molecule has 0 bridgehead atoms. The van der Waals surface area contributed by atoms with Crippen LogP contribution in [0.1, 0.15) is 63.0 Å². The fraction of sp³-hybridized carbons (Fsp3) is 0.708. The molecule has 0 amide bonds. The minimum absolute atomic E-state index is 0. The van der Waals surface area contributed by atoms with Crippen LogP contribution >= 0.6 is 24.0 Å². The molecule has 2 heterocycles. The van der Waals surface area contributed by atoms with Gasteiger partial charge in [0.2, 0.25) is 0 Å². The van der Waals surface area contributed by atoms with Crippen molar-refractivity contribution in [3.63, 3.8) is 0 Å². The van der Waals surface area contributed by atoms with Gasteiger partial charge >= 0.3 is 0 Å². The third-order valence-corrected chi connectivity index (χ3v) is 6.70. The van der Waals surface area contributed by atoms with Crippen LogP contribution in [0.15, 0.2) is 29.3 Å². The lowest BCUT2D eigenvalue weighted by Gasteiger charge is -2.40. The lowest BCUT2D eigenvalue weighted by atomic mass is 9.86. The number of aliphatic imine (C=N–C) groups is 1. The third kappa shape index (κ3) is 6.71. The number of rotatable bonds is 7. The molecule has 7 heteroatoms. The first kappa shape index (κ1) is 24.6. The molecule has 1 aromatic rings. The van der Waals surface area contributed by atoms with Crippen molar-refractivity contribution in [3.8, 4) is 5.75 Å². The number of fused-ring (bicyclic) bond motifs is 1. The maximum atomic E-state index is 6.48. The van der Waals surface area contributed by atoms with Crippen molar-refractivity contribution in [1.29, 1.82) is 0 Å². The number of halogens is 1. The van der Waals surface area contributed by atoms with Gasteiger partial charge in [-0.3, -0.25) is 4.99 Å². The first-order chi connectivity index (χ1) is 14.8. The minimum atomic E-state index is -0.0110. The van der Waals surface area contributed by atoms with E-state index in [2.05, 4.69) is 39.9 Å². The molecule has 0 radical (unpaired) electrons. The standard InChI is InChI=1S/C24H37N3O3.HI/c1-25-23(26-13-6-14-29-18-19-9-15-28-16-10-19)27-21-17-24(11-4-5-12-24)30-22-8-3-2-7-20(21)22;/h2-3,7-8,19,21H,4-6,9-18H2,1H3,(H2,25,26,27);1H. The third-order valence-electron chi connectivity index (χ3n) is 6.70. The van der Waals surface area contributed by atoms with E-state index in [0.717, 1.165) is 83.2 Å². The van der Waals surface area contributed by atoms with Crippen molar-refractivity contribution >= 4 is 29.9 Å². The maximum Gasteiger partial charge on any atom is 0.191 e. The first-order valence-corrected chi connectivity index (χ1v) is 11.7. The summed E-state index contributed by atoms with van der Waals surface area (Å²) in [5.41, 5.74) is 1.22. The molecule has 1 unspecified atom stereocenters. The average Bonchev–Trinajstić information content (AvgIpc) is 3.23. The van der Waals surface area contributed by atoms with E-state index in [1.807, 2.05) is 7.05 Å². The smallest absolute Gasteiger partial charge is 0.191 e. The topological polar surface area (TPSA) is 64.1 Å². The summed E-state index contributed by atoms with van der Waals surface area (Å²) in [4.78, 5) is 4.46. The molecule has 31 heavy (non-hydrogen) atoms. The Morgan fingerprint density at radius 3 is 2.74 bits per heavy atom. The molecule has 2 aliphatic heterocycles. The van der Waals surface area contributed by atoms with Gasteiger partial charge < -0.3 is 24.8 Å². The molecular weight excluding hydrogens is 505 g/mol. The molecule has 3 aliphatic rings. The summed E-state index contributed by atoms with van der Waals surface area (Å²) in [6.45, 7) is 4.26. The highest BCUT2D eigenvalue weighted by atomic mass is 127. The zero-order valence-electron chi connectivity index (χ0n) is 18.7. The number of hydrogen-bond acceptors (Lipinski definition) is 4. The summed E-state index contributed by atoms with van der Waals surface area (Å²) in [6.07, 6.45) is 9.04. The van der Waals surface area contributed by atoms with Crippen molar-refractivity contribution in [3.05, 3.63) is 29.8 Å². The predicted octanol–water partition coefficient (Wildman–Crippen LogP) is 4.44. The van der Waals surface area contributed by atoms with E-state index in [4.69, 9.17) is 14.2 Å². The molecular formula is C24H38IN3O3. The molecule has 174 valence electrons. The number of hydrogen-bond donors (Lipinski definition) is 2. The van der Waals surface area contributed by atoms with E-state index in [1.54, 1.807) is 0 Å². The monoisotopic (exact) mass is 543 g/mol. The highest BCUT2D eigenvalue weighted by molar-refractivity contribution is 14.0. The lowest BCUT2D eigenvalue weighted by molar-refractivity contribution is 0.0203. The molecule has 0 aromatic heterocycles. The van der Waals surface area contributed by atoms with Crippen LogP contribution in [0.2, 0.25) is 0 Å². The van der Waals surface area contributed by atoms with Gasteiger partial charge in [0.25, 0.3) is 0 Å². The van der Waals surface area contributed by atoms with Crippen LogP contribution in [0.25, 0.3) is 0 Å². The summed E-state index contributed by atoms with van der Waals surface area (Å²) < 4.78 is 17.8. The summed E-state index contributed by atoms with van der Waals surface area (Å²) >= 11 is 0. The van der Waals surface area contributed by atoms with E-state index in [-0.39, 0.29) is 35.6 Å². The first-order valence-electron chi connectivity index (χ1n) is 11.7. The van der Waals surface area contributed by atoms with Crippen LogP contribution in [0.5, 0.6) is 5.75 Å². The Labute approximate surface area is 203 Å². The van der Waals surface area contributed by atoms with Crippen molar-refractivity contribution in [1.82, 2.24) is 10.6 Å². The van der Waals surface area contributed by atoms with E-state index in [9.17, 15) is 0 Å². The Bertz CT molecular complexity index is 703. The number of nitrogens with zero attached hydrogens (tertiary/aromatic N) is 1. The summed E-state index contributed by atoms with van der Waals surface area (Å²) in [7, 11) is 1.84. The number of para-hydroxylation sites is 1. The summed E-state index contributed by atoms with van der Waals surface area (Å²) in [5.74, 6) is 2.55. The zero-order valence-corrected chi connectivity index (χ0v) is 21.1. The lowest BCUT2D eigenvalue weighted by Crippen LogP contribution is -2.46. The van der Waals surface area contributed by atoms with Gasteiger partial charge in [0.05, 0.1) is 6.04 Å². The average molecular weight is 543 g/mol. The Hall–Kier alpha value is -1.06. The number of guanidine groups is 1. The van der Waals surface area contributed by atoms with Gasteiger partial charge in [-0.25, -0.2) is 0 Å². The number of ether oxygens (including phenoxy) is 3. The zero-order chi connectivity index (χ0) is 20.7. The fourth-order valence-corrected chi connectivity index (χ4v) is 4.98. The molecule has 1 atom stereocenters. The molecule has 4 rings (SSSR count). The second-order valence-corrected chi connectivity index (χ2v) is 8.91. The Kier molecular flexibility index (Phi) is 9.72. The highest BCUT2D eigenvalue weighted by Crippen LogP contribution is 2.46. The van der Waals surface area contributed by atoms with E-state index in [0.29, 0.717) is 5.92 Å². The van der Waals surface area contributed by atoms with Crippen LogP contribution in [0.4, 0.5) is 0 Å². The van der Waals surface area contributed by atoms with Crippen LogP contribution in [0.3, 0.4) is 0 Å². The summed E-state index contributed by atoms with van der Waals surface area (Å²) in [5, 5.41) is 7.12. The number of benzene rings is 1. The van der Waals surface area contributed by atoms with Crippen LogP contribution in [-0.4, -0.2) is 51.6 Å². The maximum absolute atomic E-state index is 6.48. The van der Waals surface area contributed by atoms with Gasteiger partial charge in [-0.15, -0.1) is 24.0 Å². The van der Waals surface area contributed by atoms with Gasteiger partial charge in [0, 0.05) is 52.0 Å². The predicted molar refractivity (Wildman–Crippen MR) is 135 cm³/mol. The summed E-state index contributed by atoms with van der Waals surface area (Å²) in [6, 6.07) is 8.66. The Morgan fingerprint density at radius 2 is 1.97 bits per heavy atom.